The van der Waals surface area contributed by atoms with Crippen molar-refractivity contribution in [3.05, 3.63) is 113 Å². The lowest BCUT2D eigenvalue weighted by atomic mass is 10.0. The van der Waals surface area contributed by atoms with E-state index in [0.717, 1.165) is 27.6 Å². The molecule has 0 atom stereocenters. The summed E-state index contributed by atoms with van der Waals surface area (Å²) in [6.45, 7) is 2.41. The van der Waals surface area contributed by atoms with E-state index in [-0.39, 0.29) is 5.70 Å². The highest BCUT2D eigenvalue weighted by Crippen LogP contribution is 2.26. The van der Waals surface area contributed by atoms with Gasteiger partial charge in [0.25, 0.3) is 11.8 Å². The summed E-state index contributed by atoms with van der Waals surface area (Å²) in [7, 11) is 3.91. The molecule has 0 heterocycles. The van der Waals surface area contributed by atoms with E-state index in [2.05, 4.69) is 15.8 Å². The van der Waals surface area contributed by atoms with Gasteiger partial charge in [-0.25, -0.2) is 5.43 Å². The maximum atomic E-state index is 13.2. The largest absolute Gasteiger partial charge is 0.493 e. The van der Waals surface area contributed by atoms with Crippen molar-refractivity contribution >= 4 is 40.6 Å². The average Bonchev–Trinajstić information content (AvgIpc) is 2.94. The summed E-state index contributed by atoms with van der Waals surface area (Å²) in [5.41, 5.74) is 5.59. The number of hydrogen-bond donors (Lipinski definition) is 2. The molecule has 2 amide bonds. The van der Waals surface area contributed by atoms with Crippen LogP contribution in [0.3, 0.4) is 0 Å². The molecular weight excluding hydrogens is 476 g/mol. The number of carbonyl (C=O) groups excluding carboxylic acids is 2. The van der Waals surface area contributed by atoms with Gasteiger partial charge < -0.3 is 15.0 Å². The van der Waals surface area contributed by atoms with Gasteiger partial charge in [0, 0.05) is 30.9 Å². The second kappa shape index (κ2) is 12.4. The zero-order chi connectivity index (χ0) is 26.9. The number of hydrogen-bond acceptors (Lipinski definition) is 5. The molecule has 2 N–H and O–H groups in total. The summed E-state index contributed by atoms with van der Waals surface area (Å²) in [6, 6.07) is 28.1. The first kappa shape index (κ1) is 26.2. The highest BCUT2D eigenvalue weighted by molar-refractivity contribution is 6.06. The van der Waals surface area contributed by atoms with Crippen molar-refractivity contribution in [1.82, 2.24) is 10.7 Å². The minimum Gasteiger partial charge on any atom is -0.493 e. The van der Waals surface area contributed by atoms with E-state index < -0.39 is 11.8 Å². The number of carbonyl (C=O) groups is 2. The Morgan fingerprint density at radius 3 is 2.32 bits per heavy atom. The molecule has 4 rings (SSSR count). The second-order valence-corrected chi connectivity index (χ2v) is 8.69. The molecular formula is C31H30N4O3. The van der Waals surface area contributed by atoms with Gasteiger partial charge in [-0.3, -0.25) is 9.59 Å². The lowest BCUT2D eigenvalue weighted by molar-refractivity contribution is -0.117. The van der Waals surface area contributed by atoms with E-state index in [1.165, 1.54) is 0 Å². The first-order valence-corrected chi connectivity index (χ1v) is 12.3. The monoisotopic (exact) mass is 506 g/mol. The van der Waals surface area contributed by atoms with Gasteiger partial charge in [0.1, 0.15) is 11.4 Å². The second-order valence-electron chi connectivity index (χ2n) is 8.69. The molecule has 38 heavy (non-hydrogen) atoms. The van der Waals surface area contributed by atoms with E-state index in [4.69, 9.17) is 4.74 Å². The minimum atomic E-state index is -0.555. The molecule has 0 saturated carbocycles. The Kier molecular flexibility index (Phi) is 8.51. The van der Waals surface area contributed by atoms with Gasteiger partial charge in [0.2, 0.25) is 0 Å². The van der Waals surface area contributed by atoms with Gasteiger partial charge >= 0.3 is 0 Å². The Balaban J connectivity index is 1.61. The summed E-state index contributed by atoms with van der Waals surface area (Å²) < 4.78 is 5.78. The average molecular weight is 507 g/mol. The topological polar surface area (TPSA) is 83.0 Å². The van der Waals surface area contributed by atoms with Crippen molar-refractivity contribution in [2.24, 2.45) is 5.10 Å². The number of ether oxygens (including phenoxy) is 1. The van der Waals surface area contributed by atoms with Crippen LogP contribution in [-0.2, 0) is 4.79 Å². The van der Waals surface area contributed by atoms with Gasteiger partial charge in [-0.2, -0.15) is 5.10 Å². The van der Waals surface area contributed by atoms with Crippen LogP contribution < -0.4 is 20.4 Å². The lowest BCUT2D eigenvalue weighted by Gasteiger charge is -2.13. The SMILES string of the molecule is CCOc1ccc2ccccc2c1/C=N/NC(=O)/C(=C/c1ccc(N(C)C)cc1)NC(=O)c1ccccc1. The van der Waals surface area contributed by atoms with Crippen molar-refractivity contribution in [2.75, 3.05) is 25.6 Å². The van der Waals surface area contributed by atoms with E-state index >= 15 is 0 Å². The van der Waals surface area contributed by atoms with E-state index in [1.807, 2.05) is 92.6 Å². The first-order chi connectivity index (χ1) is 18.5. The summed E-state index contributed by atoms with van der Waals surface area (Å²) >= 11 is 0. The van der Waals surface area contributed by atoms with Crippen LogP contribution in [0.25, 0.3) is 16.8 Å². The van der Waals surface area contributed by atoms with E-state index in [9.17, 15) is 9.59 Å². The summed E-state index contributed by atoms with van der Waals surface area (Å²) in [6.07, 6.45) is 3.18. The standard InChI is InChI=1S/C31H30N4O3/c1-4-38-29-19-16-23-10-8-9-13-26(23)27(29)21-32-34-31(37)28(33-30(36)24-11-6-5-7-12-24)20-22-14-17-25(18-15-22)35(2)3/h5-21H,4H2,1-3H3,(H,33,36)(H,34,37)/b28-20-,32-21+. The van der Waals surface area contributed by atoms with Crippen molar-refractivity contribution in [2.45, 2.75) is 6.92 Å². The first-order valence-electron chi connectivity index (χ1n) is 12.3. The Labute approximate surface area is 222 Å². The van der Waals surface area contributed by atoms with Crippen LogP contribution in [0.4, 0.5) is 5.69 Å². The quantitative estimate of drug-likeness (QED) is 0.185. The van der Waals surface area contributed by atoms with Crippen molar-refractivity contribution in [3.63, 3.8) is 0 Å². The van der Waals surface area contributed by atoms with Crippen molar-refractivity contribution < 1.29 is 14.3 Å². The number of nitrogens with zero attached hydrogens (tertiary/aromatic N) is 2. The number of benzene rings is 4. The Bertz CT molecular complexity index is 1480. The normalized spacial score (nSPS) is 11.4. The lowest BCUT2D eigenvalue weighted by Crippen LogP contribution is -2.32. The van der Waals surface area contributed by atoms with Gasteiger partial charge in [-0.15, -0.1) is 0 Å². The molecule has 0 aliphatic carbocycles. The van der Waals surface area contributed by atoms with Gasteiger partial charge in [0.05, 0.1) is 12.8 Å². The van der Waals surface area contributed by atoms with Crippen LogP contribution >= 0.6 is 0 Å². The number of fused-ring (bicyclic) bond motifs is 1. The molecule has 192 valence electrons. The van der Waals surface area contributed by atoms with Crippen molar-refractivity contribution in [3.8, 4) is 5.75 Å². The maximum absolute atomic E-state index is 13.2. The van der Waals surface area contributed by atoms with Crippen LogP contribution in [-0.4, -0.2) is 38.7 Å². The third kappa shape index (κ3) is 6.44. The van der Waals surface area contributed by atoms with Crippen LogP contribution in [0, 0.1) is 0 Å². The van der Waals surface area contributed by atoms with Crippen LogP contribution in [0.5, 0.6) is 5.75 Å². The van der Waals surface area contributed by atoms with Gasteiger partial charge in [0.15, 0.2) is 0 Å². The molecule has 4 aromatic carbocycles. The van der Waals surface area contributed by atoms with Crippen LogP contribution in [0.15, 0.2) is 102 Å². The summed E-state index contributed by atoms with van der Waals surface area (Å²) in [4.78, 5) is 28.0. The fraction of sp³-hybridized carbons (Fsp3) is 0.129. The maximum Gasteiger partial charge on any atom is 0.287 e. The molecule has 0 aliphatic rings. The number of rotatable bonds is 9. The highest BCUT2D eigenvalue weighted by Gasteiger charge is 2.15. The smallest absolute Gasteiger partial charge is 0.287 e. The molecule has 7 heteroatoms. The molecule has 0 saturated heterocycles. The number of amides is 2. The summed E-state index contributed by atoms with van der Waals surface area (Å²) in [5.74, 6) is -0.285. The molecule has 0 aromatic heterocycles. The van der Waals surface area contributed by atoms with Gasteiger partial charge in [-0.1, -0.05) is 60.7 Å². The molecule has 4 aromatic rings. The van der Waals surface area contributed by atoms with Crippen LogP contribution in [0.1, 0.15) is 28.4 Å². The molecule has 0 unspecified atom stereocenters. The fourth-order valence-corrected chi connectivity index (χ4v) is 3.88. The summed E-state index contributed by atoms with van der Waals surface area (Å²) in [5, 5.41) is 8.92. The van der Waals surface area contributed by atoms with E-state index in [1.54, 1.807) is 36.6 Å². The molecule has 0 spiro atoms. The Morgan fingerprint density at radius 2 is 1.61 bits per heavy atom. The third-order valence-corrected chi connectivity index (χ3v) is 5.84. The number of anilines is 1. The predicted octanol–water partition coefficient (Wildman–Crippen LogP) is 5.23. The Hall–Kier alpha value is -4.91. The van der Waals surface area contributed by atoms with E-state index in [0.29, 0.717) is 17.9 Å². The zero-order valence-electron chi connectivity index (χ0n) is 21.6. The van der Waals surface area contributed by atoms with Gasteiger partial charge in [-0.05, 0) is 59.7 Å². The Morgan fingerprint density at radius 1 is 0.895 bits per heavy atom. The highest BCUT2D eigenvalue weighted by atomic mass is 16.5. The molecule has 0 radical (unpaired) electrons. The molecule has 0 aliphatic heterocycles. The third-order valence-electron chi connectivity index (χ3n) is 5.84. The number of nitrogens with one attached hydrogen (secondary N) is 2. The number of hydrazone groups is 1. The molecule has 7 nitrogen and oxygen atoms in total. The predicted molar refractivity (Wildman–Crippen MR) is 154 cm³/mol. The molecule has 0 fully saturated rings. The minimum absolute atomic E-state index is 0.0663. The molecule has 0 bridgehead atoms. The fourth-order valence-electron chi connectivity index (χ4n) is 3.88. The zero-order valence-corrected chi connectivity index (χ0v) is 21.6. The van der Waals surface area contributed by atoms with Crippen molar-refractivity contribution in [1.29, 1.82) is 0 Å². The van der Waals surface area contributed by atoms with Crippen LogP contribution in [0.2, 0.25) is 0 Å².